The van der Waals surface area contributed by atoms with Gasteiger partial charge in [0.1, 0.15) is 12.6 Å². The Kier molecular flexibility index (Phi) is 8.97. The normalized spacial score (nSPS) is 16.6. The summed E-state index contributed by atoms with van der Waals surface area (Å²) < 4.78 is 39.2. The summed E-state index contributed by atoms with van der Waals surface area (Å²) in [6.45, 7) is 11.2. The largest absolute Gasteiger partial charge is 0.446 e. The summed E-state index contributed by atoms with van der Waals surface area (Å²) in [7, 11) is -6.34. The molecule has 0 radical (unpaired) electrons. The van der Waals surface area contributed by atoms with Crippen molar-refractivity contribution in [2.45, 2.75) is 56.8 Å². The average Bonchev–Trinajstić information content (AvgIpc) is 3.24. The Bertz CT molecular complexity index is 1270. The van der Waals surface area contributed by atoms with Crippen LogP contribution in [0, 0.1) is 6.92 Å². The lowest BCUT2D eigenvalue weighted by Gasteiger charge is -2.36. The highest BCUT2D eigenvalue weighted by Gasteiger charge is 2.43. The summed E-state index contributed by atoms with van der Waals surface area (Å²) in [4.78, 5) is 39.5. The van der Waals surface area contributed by atoms with Gasteiger partial charge in [-0.2, -0.15) is 4.31 Å². The first-order valence-electron chi connectivity index (χ1n) is 12.4. The summed E-state index contributed by atoms with van der Waals surface area (Å²) in [5, 5.41) is -0.0952. The molecule has 0 bridgehead atoms. The molecule has 0 aromatic heterocycles. The van der Waals surface area contributed by atoms with Gasteiger partial charge in [0, 0.05) is 13.2 Å². The van der Waals surface area contributed by atoms with E-state index in [0.717, 1.165) is 14.8 Å². The fourth-order valence-electron chi connectivity index (χ4n) is 3.69. The number of benzene rings is 2. The van der Waals surface area contributed by atoms with Crippen LogP contribution in [0.1, 0.15) is 37.9 Å². The van der Waals surface area contributed by atoms with Gasteiger partial charge >= 0.3 is 12.0 Å². The van der Waals surface area contributed by atoms with Crippen LogP contribution < -0.4 is 0 Å². The molecular weight excluding hydrogens is 524 g/mol. The summed E-state index contributed by atoms with van der Waals surface area (Å²) in [5.74, 6) is -2.15. The average molecular weight is 561 g/mol. The number of rotatable bonds is 10. The summed E-state index contributed by atoms with van der Waals surface area (Å²) in [6, 6.07) is 14.2. The number of nitrogens with zero attached hydrogens (tertiary/aromatic N) is 2. The SMILES string of the molecule is Cc1ccc(S(=O)(=O)N(CCO[Si](C)(C)C(C)(C)C)CC(=O)C(=O)N2C(=O)OC[C@H]2c2ccccc2)cc1. The topological polar surface area (TPSA) is 110 Å². The molecule has 1 saturated heterocycles. The van der Waals surface area contributed by atoms with Gasteiger partial charge in [-0.1, -0.05) is 68.8 Å². The van der Waals surface area contributed by atoms with Gasteiger partial charge in [0.15, 0.2) is 8.32 Å². The van der Waals surface area contributed by atoms with Gasteiger partial charge in [-0.15, -0.1) is 0 Å². The Labute approximate surface area is 225 Å². The van der Waals surface area contributed by atoms with E-state index in [1.54, 1.807) is 42.5 Å². The number of carbonyl (C=O) groups is 3. The van der Waals surface area contributed by atoms with Crippen molar-refractivity contribution < 1.29 is 32.0 Å². The maximum Gasteiger partial charge on any atom is 0.417 e. The van der Waals surface area contributed by atoms with Crippen molar-refractivity contribution in [2.75, 3.05) is 26.3 Å². The molecular formula is C27H36N2O7SSi. The standard InChI is InChI=1S/C27H36N2O7SSi/c1-20-12-14-22(15-13-20)37(33,34)28(16-17-36-38(5,6)27(2,3)4)18-24(30)25(31)29-23(19-35-26(29)32)21-10-8-7-9-11-21/h7-15,23H,16-19H2,1-6H3/t23-/m0/s1. The van der Waals surface area contributed by atoms with Gasteiger partial charge in [0.05, 0.1) is 11.4 Å². The predicted molar refractivity (Wildman–Crippen MR) is 145 cm³/mol. The highest BCUT2D eigenvalue weighted by Crippen LogP contribution is 2.36. The van der Waals surface area contributed by atoms with Crippen LogP contribution in [0.4, 0.5) is 4.79 Å². The molecule has 1 fully saturated rings. The maximum absolute atomic E-state index is 13.5. The fraction of sp³-hybridized carbons (Fsp3) is 0.444. The minimum atomic E-state index is -4.14. The molecule has 0 unspecified atom stereocenters. The van der Waals surface area contributed by atoms with Crippen molar-refractivity contribution in [2.24, 2.45) is 0 Å². The Morgan fingerprint density at radius 3 is 2.26 bits per heavy atom. The summed E-state index contributed by atoms with van der Waals surface area (Å²) in [6.07, 6.45) is -0.939. The molecule has 1 aliphatic rings. The minimum absolute atomic E-state index is 0.00146. The van der Waals surface area contributed by atoms with E-state index in [4.69, 9.17) is 9.16 Å². The van der Waals surface area contributed by atoms with E-state index < -0.39 is 48.7 Å². The van der Waals surface area contributed by atoms with Crippen LogP contribution in [-0.2, 0) is 28.8 Å². The van der Waals surface area contributed by atoms with Crippen molar-refractivity contribution in [1.29, 1.82) is 0 Å². The lowest BCUT2D eigenvalue weighted by atomic mass is 10.1. The zero-order chi connectivity index (χ0) is 28.3. The number of carbonyl (C=O) groups excluding carboxylic acids is 3. The lowest BCUT2D eigenvalue weighted by molar-refractivity contribution is -0.143. The van der Waals surface area contributed by atoms with Crippen LogP contribution in [0.25, 0.3) is 0 Å². The van der Waals surface area contributed by atoms with Gasteiger partial charge in [-0.3, -0.25) is 9.59 Å². The van der Waals surface area contributed by atoms with Crippen molar-refractivity contribution in [3.05, 3.63) is 65.7 Å². The van der Waals surface area contributed by atoms with Crippen molar-refractivity contribution in [3.63, 3.8) is 0 Å². The van der Waals surface area contributed by atoms with Crippen LogP contribution in [0.5, 0.6) is 0 Å². The molecule has 0 aliphatic carbocycles. The first-order valence-corrected chi connectivity index (χ1v) is 16.8. The third-order valence-electron chi connectivity index (χ3n) is 7.10. The number of aryl methyl sites for hydroxylation is 1. The number of imide groups is 1. The van der Waals surface area contributed by atoms with Crippen LogP contribution in [0.3, 0.4) is 0 Å². The highest BCUT2D eigenvalue weighted by molar-refractivity contribution is 7.89. The van der Waals surface area contributed by atoms with Gasteiger partial charge in [0.2, 0.25) is 15.8 Å². The van der Waals surface area contributed by atoms with E-state index in [-0.39, 0.29) is 29.7 Å². The maximum atomic E-state index is 13.5. The van der Waals surface area contributed by atoms with E-state index in [9.17, 15) is 22.8 Å². The number of hydrogen-bond donors (Lipinski definition) is 0. The molecule has 1 aliphatic heterocycles. The van der Waals surface area contributed by atoms with Gasteiger partial charge in [0.25, 0.3) is 0 Å². The number of amides is 2. The van der Waals surface area contributed by atoms with Crippen molar-refractivity contribution >= 4 is 36.1 Å². The van der Waals surface area contributed by atoms with Crippen LogP contribution in [0.2, 0.25) is 18.1 Å². The molecule has 3 rings (SSSR count). The smallest absolute Gasteiger partial charge is 0.417 e. The molecule has 2 amide bonds. The number of ether oxygens (including phenoxy) is 1. The first kappa shape index (κ1) is 29.7. The molecule has 38 heavy (non-hydrogen) atoms. The van der Waals surface area contributed by atoms with Crippen LogP contribution >= 0.6 is 0 Å². The molecule has 1 heterocycles. The predicted octanol–water partition coefficient (Wildman–Crippen LogP) is 4.30. The number of Topliss-reactive ketones (excluding diaryl/α,β-unsaturated/α-hetero) is 1. The van der Waals surface area contributed by atoms with E-state index >= 15 is 0 Å². The second kappa shape index (κ2) is 11.5. The second-order valence-electron chi connectivity index (χ2n) is 10.9. The van der Waals surface area contributed by atoms with E-state index in [1.807, 2.05) is 20.0 Å². The molecule has 206 valence electrons. The third-order valence-corrected chi connectivity index (χ3v) is 13.5. The quantitative estimate of drug-likeness (QED) is 0.315. The lowest BCUT2D eigenvalue weighted by Crippen LogP contribution is -2.47. The Balaban J connectivity index is 1.85. The molecule has 1 atom stereocenters. The zero-order valence-corrected chi connectivity index (χ0v) is 24.6. The number of hydrogen-bond acceptors (Lipinski definition) is 7. The fourth-order valence-corrected chi connectivity index (χ4v) is 6.11. The Morgan fingerprint density at radius 2 is 1.68 bits per heavy atom. The summed E-state index contributed by atoms with van der Waals surface area (Å²) >= 11 is 0. The van der Waals surface area contributed by atoms with E-state index in [0.29, 0.717) is 5.56 Å². The molecule has 9 nitrogen and oxygen atoms in total. The van der Waals surface area contributed by atoms with Crippen molar-refractivity contribution in [3.8, 4) is 0 Å². The number of cyclic esters (lactones) is 1. The molecule has 2 aromatic carbocycles. The first-order chi connectivity index (χ1) is 17.6. The molecule has 0 saturated carbocycles. The summed E-state index contributed by atoms with van der Waals surface area (Å²) in [5.41, 5.74) is 1.51. The molecule has 0 spiro atoms. The van der Waals surface area contributed by atoms with Crippen LogP contribution in [0.15, 0.2) is 59.5 Å². The minimum Gasteiger partial charge on any atom is -0.446 e. The van der Waals surface area contributed by atoms with Gasteiger partial charge < -0.3 is 9.16 Å². The zero-order valence-electron chi connectivity index (χ0n) is 22.8. The van der Waals surface area contributed by atoms with Gasteiger partial charge in [-0.25, -0.2) is 18.1 Å². The third kappa shape index (κ3) is 6.58. The Morgan fingerprint density at radius 1 is 1.08 bits per heavy atom. The van der Waals surface area contributed by atoms with Gasteiger partial charge in [-0.05, 0) is 42.8 Å². The van der Waals surface area contributed by atoms with E-state index in [1.165, 1.54) is 12.1 Å². The van der Waals surface area contributed by atoms with Crippen molar-refractivity contribution in [1.82, 2.24) is 9.21 Å². The van der Waals surface area contributed by atoms with Crippen LogP contribution in [-0.4, -0.2) is 70.0 Å². The Hall–Kier alpha value is -2.86. The second-order valence-corrected chi connectivity index (χ2v) is 17.6. The highest BCUT2D eigenvalue weighted by atomic mass is 32.2. The number of sulfonamides is 1. The number of ketones is 1. The van der Waals surface area contributed by atoms with E-state index in [2.05, 4.69) is 20.8 Å². The monoisotopic (exact) mass is 560 g/mol. The molecule has 2 aromatic rings. The molecule has 11 heteroatoms. The molecule has 0 N–H and O–H groups in total.